The number of ether oxygens (including phenoxy) is 2. The van der Waals surface area contributed by atoms with Crippen LogP contribution in [0.25, 0.3) is 0 Å². The molecule has 0 aliphatic rings. The number of amides is 2. The van der Waals surface area contributed by atoms with Crippen molar-refractivity contribution in [1.29, 1.82) is 0 Å². The fraction of sp³-hybridized carbons (Fsp3) is 0.300. The number of benzene rings is 2. The van der Waals surface area contributed by atoms with E-state index in [0.717, 1.165) is 5.56 Å². The number of carbonyl (C=O) groups is 2. The average Bonchev–Trinajstić information content (AvgIpc) is 2.67. The molecule has 0 heterocycles. The van der Waals surface area contributed by atoms with Crippen molar-refractivity contribution in [3.05, 3.63) is 58.1 Å². The Labute approximate surface area is 164 Å². The lowest BCUT2D eigenvalue weighted by Gasteiger charge is -2.13. The van der Waals surface area contributed by atoms with Gasteiger partial charge in [-0.3, -0.25) is 9.59 Å². The minimum atomic E-state index is -0.285. The van der Waals surface area contributed by atoms with Crippen LogP contribution in [0.5, 0.6) is 11.5 Å². The molecule has 7 heteroatoms. The summed E-state index contributed by atoms with van der Waals surface area (Å²) in [7, 11) is 4.89. The molecule has 0 saturated heterocycles. The number of methoxy groups -OCH3 is 1. The summed E-state index contributed by atoms with van der Waals surface area (Å²) >= 11 is 6.20. The maximum atomic E-state index is 12.4. The Kier molecular flexibility index (Phi) is 7.07. The molecular weight excluding hydrogens is 368 g/mol. The lowest BCUT2D eigenvalue weighted by Crippen LogP contribution is -2.23. The van der Waals surface area contributed by atoms with Crippen molar-refractivity contribution in [1.82, 2.24) is 10.2 Å². The Bertz CT molecular complexity index is 819. The first-order valence-electron chi connectivity index (χ1n) is 8.46. The van der Waals surface area contributed by atoms with Gasteiger partial charge in [-0.2, -0.15) is 0 Å². The third-order valence-electron chi connectivity index (χ3n) is 3.84. The number of halogens is 1. The van der Waals surface area contributed by atoms with Gasteiger partial charge in [-0.05, 0) is 36.8 Å². The van der Waals surface area contributed by atoms with E-state index < -0.39 is 0 Å². The second-order valence-corrected chi connectivity index (χ2v) is 6.41. The number of nitrogens with zero attached hydrogens (tertiary/aromatic N) is 1. The standard InChI is InChI=1S/C20H23ClN2O4/c1-5-27-18-16(21)10-15(11-17(18)26-4)19(24)22-12-13-6-8-14(9-7-13)20(25)23(2)3/h6-11H,5,12H2,1-4H3,(H,22,24). The third-order valence-corrected chi connectivity index (χ3v) is 4.12. The lowest BCUT2D eigenvalue weighted by atomic mass is 10.1. The van der Waals surface area contributed by atoms with Gasteiger partial charge in [0.15, 0.2) is 11.5 Å². The minimum absolute atomic E-state index is 0.0679. The number of hydrogen-bond acceptors (Lipinski definition) is 4. The zero-order valence-electron chi connectivity index (χ0n) is 15.8. The molecule has 0 aliphatic carbocycles. The number of carbonyl (C=O) groups excluding carboxylic acids is 2. The monoisotopic (exact) mass is 390 g/mol. The van der Waals surface area contributed by atoms with Crippen molar-refractivity contribution in [2.24, 2.45) is 0 Å². The quantitative estimate of drug-likeness (QED) is 0.787. The van der Waals surface area contributed by atoms with E-state index in [1.54, 1.807) is 38.4 Å². The molecule has 0 spiro atoms. The van der Waals surface area contributed by atoms with Crippen molar-refractivity contribution in [2.45, 2.75) is 13.5 Å². The fourth-order valence-corrected chi connectivity index (χ4v) is 2.71. The van der Waals surface area contributed by atoms with Gasteiger partial charge in [-0.25, -0.2) is 0 Å². The molecule has 2 rings (SSSR count). The van der Waals surface area contributed by atoms with E-state index in [-0.39, 0.29) is 11.8 Å². The van der Waals surface area contributed by atoms with Gasteiger partial charge in [0.25, 0.3) is 11.8 Å². The molecule has 144 valence electrons. The van der Waals surface area contributed by atoms with Crippen LogP contribution in [0.2, 0.25) is 5.02 Å². The van der Waals surface area contributed by atoms with E-state index in [2.05, 4.69) is 5.32 Å². The summed E-state index contributed by atoms with van der Waals surface area (Å²) in [5.41, 5.74) is 1.85. The Hall–Kier alpha value is -2.73. The van der Waals surface area contributed by atoms with E-state index in [4.69, 9.17) is 21.1 Å². The molecule has 2 aromatic carbocycles. The normalized spacial score (nSPS) is 10.3. The predicted molar refractivity (Wildman–Crippen MR) is 105 cm³/mol. The van der Waals surface area contributed by atoms with Gasteiger partial charge in [0, 0.05) is 31.8 Å². The molecule has 0 atom stereocenters. The van der Waals surface area contributed by atoms with Gasteiger partial charge in [-0.15, -0.1) is 0 Å². The van der Waals surface area contributed by atoms with Crippen molar-refractivity contribution < 1.29 is 19.1 Å². The molecule has 2 amide bonds. The van der Waals surface area contributed by atoms with E-state index in [1.165, 1.54) is 12.0 Å². The topological polar surface area (TPSA) is 67.9 Å². The number of hydrogen-bond donors (Lipinski definition) is 1. The zero-order chi connectivity index (χ0) is 20.0. The first-order chi connectivity index (χ1) is 12.9. The van der Waals surface area contributed by atoms with Crippen LogP contribution in [0.1, 0.15) is 33.2 Å². The van der Waals surface area contributed by atoms with Gasteiger partial charge < -0.3 is 19.7 Å². The first kappa shape index (κ1) is 20.6. The summed E-state index contributed by atoms with van der Waals surface area (Å²) in [5, 5.41) is 3.14. The van der Waals surface area contributed by atoms with E-state index >= 15 is 0 Å². The zero-order valence-corrected chi connectivity index (χ0v) is 16.6. The highest BCUT2D eigenvalue weighted by Crippen LogP contribution is 2.36. The van der Waals surface area contributed by atoms with Crippen LogP contribution in [0.15, 0.2) is 36.4 Å². The molecule has 0 aliphatic heterocycles. The van der Waals surface area contributed by atoms with Crippen molar-refractivity contribution in [2.75, 3.05) is 27.8 Å². The Morgan fingerprint density at radius 1 is 1.11 bits per heavy atom. The molecule has 2 aromatic rings. The van der Waals surface area contributed by atoms with Crippen LogP contribution in [-0.4, -0.2) is 44.5 Å². The molecule has 1 N–H and O–H groups in total. The summed E-state index contributed by atoms with van der Waals surface area (Å²) in [5.74, 6) is 0.466. The van der Waals surface area contributed by atoms with E-state index in [0.29, 0.717) is 40.8 Å². The van der Waals surface area contributed by atoms with Gasteiger partial charge in [0.2, 0.25) is 0 Å². The fourth-order valence-electron chi connectivity index (χ4n) is 2.44. The summed E-state index contributed by atoms with van der Waals surface area (Å²) in [6.07, 6.45) is 0. The molecule has 6 nitrogen and oxygen atoms in total. The molecule has 0 aromatic heterocycles. The molecule has 0 fully saturated rings. The van der Waals surface area contributed by atoms with E-state index in [9.17, 15) is 9.59 Å². The lowest BCUT2D eigenvalue weighted by molar-refractivity contribution is 0.0827. The maximum absolute atomic E-state index is 12.4. The molecule has 0 bridgehead atoms. The highest BCUT2D eigenvalue weighted by Gasteiger charge is 2.15. The second kappa shape index (κ2) is 9.28. The van der Waals surface area contributed by atoms with Crippen LogP contribution in [0.4, 0.5) is 0 Å². The first-order valence-corrected chi connectivity index (χ1v) is 8.84. The number of rotatable bonds is 7. The number of nitrogens with one attached hydrogen (secondary N) is 1. The molecule has 0 saturated carbocycles. The third kappa shape index (κ3) is 5.14. The highest BCUT2D eigenvalue weighted by atomic mass is 35.5. The molecule has 0 radical (unpaired) electrons. The Morgan fingerprint density at radius 3 is 2.33 bits per heavy atom. The van der Waals surface area contributed by atoms with Gasteiger partial charge >= 0.3 is 0 Å². The molecular formula is C20H23ClN2O4. The molecule has 27 heavy (non-hydrogen) atoms. The SMILES string of the molecule is CCOc1c(Cl)cc(C(=O)NCc2ccc(C(=O)N(C)C)cc2)cc1OC. The maximum Gasteiger partial charge on any atom is 0.253 e. The summed E-state index contributed by atoms with van der Waals surface area (Å²) in [6, 6.07) is 10.2. The van der Waals surface area contributed by atoms with Gasteiger partial charge in [-0.1, -0.05) is 23.7 Å². The van der Waals surface area contributed by atoms with Crippen LogP contribution >= 0.6 is 11.6 Å². The van der Waals surface area contributed by atoms with E-state index in [1.807, 2.05) is 19.1 Å². The van der Waals surface area contributed by atoms with Crippen LogP contribution in [-0.2, 0) is 6.54 Å². The second-order valence-electron chi connectivity index (χ2n) is 6.00. The van der Waals surface area contributed by atoms with Crippen LogP contribution < -0.4 is 14.8 Å². The summed E-state index contributed by atoms with van der Waals surface area (Å²) in [4.78, 5) is 25.9. The van der Waals surface area contributed by atoms with Gasteiger partial charge in [0.1, 0.15) is 0 Å². The van der Waals surface area contributed by atoms with Crippen molar-refractivity contribution in [3.63, 3.8) is 0 Å². The Morgan fingerprint density at radius 2 is 1.78 bits per heavy atom. The molecule has 0 unspecified atom stereocenters. The summed E-state index contributed by atoms with van der Waals surface area (Å²) < 4.78 is 10.7. The largest absolute Gasteiger partial charge is 0.493 e. The van der Waals surface area contributed by atoms with Crippen LogP contribution in [0.3, 0.4) is 0 Å². The summed E-state index contributed by atoms with van der Waals surface area (Å²) in [6.45, 7) is 2.60. The Balaban J connectivity index is 2.07. The minimum Gasteiger partial charge on any atom is -0.493 e. The van der Waals surface area contributed by atoms with Crippen molar-refractivity contribution >= 4 is 23.4 Å². The van der Waals surface area contributed by atoms with Crippen molar-refractivity contribution in [3.8, 4) is 11.5 Å². The highest BCUT2D eigenvalue weighted by molar-refractivity contribution is 6.32. The van der Waals surface area contributed by atoms with Gasteiger partial charge in [0.05, 0.1) is 18.7 Å². The predicted octanol–water partition coefficient (Wildman–Crippen LogP) is 3.38. The smallest absolute Gasteiger partial charge is 0.253 e. The van der Waals surface area contributed by atoms with Crippen LogP contribution in [0, 0.1) is 0 Å². The average molecular weight is 391 g/mol.